The molecule has 0 heterocycles. The average molecular weight is 477 g/mol. The summed E-state index contributed by atoms with van der Waals surface area (Å²) in [6.45, 7) is 3.77. The minimum absolute atomic E-state index is 0.000320. The van der Waals surface area contributed by atoms with E-state index >= 15 is 0 Å². The van der Waals surface area contributed by atoms with Crippen LogP contribution in [0.25, 0.3) is 0 Å². The predicted octanol–water partition coefficient (Wildman–Crippen LogP) is 4.24. The van der Waals surface area contributed by atoms with Gasteiger partial charge in [0.15, 0.2) is 0 Å². The first-order chi connectivity index (χ1) is 15.2. The van der Waals surface area contributed by atoms with Gasteiger partial charge in [-0.15, -0.1) is 0 Å². The first-order valence-electron chi connectivity index (χ1n) is 10.8. The summed E-state index contributed by atoms with van der Waals surface area (Å²) in [4.78, 5) is 0.240. The first kappa shape index (κ1) is 23.2. The summed E-state index contributed by atoms with van der Waals surface area (Å²) in [6, 6.07) is 13.1. The molecule has 0 aromatic heterocycles. The Morgan fingerprint density at radius 1 is 0.656 bits per heavy atom. The molecule has 172 valence electrons. The van der Waals surface area contributed by atoms with Crippen LogP contribution in [0.4, 0.5) is 0 Å². The van der Waals surface area contributed by atoms with Crippen molar-refractivity contribution in [2.45, 2.75) is 36.5 Å². The molecule has 1 fully saturated rings. The van der Waals surface area contributed by atoms with Crippen LogP contribution in [0.3, 0.4) is 0 Å². The van der Waals surface area contributed by atoms with Gasteiger partial charge in [0.25, 0.3) is 20.2 Å². The third-order valence-electron chi connectivity index (χ3n) is 6.54. The molecule has 2 aromatic carbocycles. The van der Waals surface area contributed by atoms with E-state index in [1.54, 1.807) is 24.3 Å². The van der Waals surface area contributed by atoms with Crippen molar-refractivity contribution >= 4 is 20.2 Å². The molecule has 8 heteroatoms. The van der Waals surface area contributed by atoms with E-state index in [0.29, 0.717) is 0 Å². The molecular weight excluding hydrogens is 448 g/mol. The van der Waals surface area contributed by atoms with Crippen molar-refractivity contribution in [1.29, 1.82) is 0 Å². The second-order valence-corrected chi connectivity index (χ2v) is 12.0. The highest BCUT2D eigenvalue weighted by Gasteiger charge is 2.42. The SMILES string of the molecule is Cc1ccc(S(=O)(=O)OCC2C3C=CC(CC3)C2COS(=O)(=O)c2ccc(C)cc2)cc1. The third-order valence-corrected chi connectivity index (χ3v) is 9.13. The standard InChI is InChI=1S/C24H28O6S2/c1-17-3-11-21(12-4-17)31(25,26)29-15-23-19-7-9-20(10-8-19)24(23)16-30-32(27,28)22-13-5-18(2)6-14-22/h3-7,9,11-14,19-20,23-24H,8,10,15-16H2,1-2H3. The van der Waals surface area contributed by atoms with Gasteiger partial charge in [-0.2, -0.15) is 16.8 Å². The molecule has 2 bridgehead atoms. The topological polar surface area (TPSA) is 86.7 Å². The van der Waals surface area contributed by atoms with Crippen LogP contribution in [0.15, 0.2) is 70.5 Å². The molecule has 5 rings (SSSR count). The fraction of sp³-hybridized carbons (Fsp3) is 0.417. The van der Waals surface area contributed by atoms with Gasteiger partial charge in [0.2, 0.25) is 0 Å². The number of hydrogen-bond donors (Lipinski definition) is 0. The van der Waals surface area contributed by atoms with E-state index in [1.807, 2.05) is 13.8 Å². The molecule has 0 aliphatic heterocycles. The van der Waals surface area contributed by atoms with Crippen LogP contribution in [0.2, 0.25) is 0 Å². The van der Waals surface area contributed by atoms with Gasteiger partial charge >= 0.3 is 0 Å². The lowest BCUT2D eigenvalue weighted by Gasteiger charge is -2.44. The van der Waals surface area contributed by atoms with Crippen LogP contribution < -0.4 is 0 Å². The average Bonchev–Trinajstić information content (AvgIpc) is 2.78. The van der Waals surface area contributed by atoms with E-state index in [4.69, 9.17) is 8.37 Å². The van der Waals surface area contributed by atoms with Crippen molar-refractivity contribution in [2.75, 3.05) is 13.2 Å². The number of rotatable bonds is 8. The highest BCUT2D eigenvalue weighted by atomic mass is 32.2. The first-order valence-corrected chi connectivity index (χ1v) is 13.6. The summed E-state index contributed by atoms with van der Waals surface area (Å²) in [5.74, 6) is 0.0205. The van der Waals surface area contributed by atoms with Crippen molar-refractivity contribution in [1.82, 2.24) is 0 Å². The highest BCUT2D eigenvalue weighted by Crippen LogP contribution is 2.45. The van der Waals surface area contributed by atoms with Crippen molar-refractivity contribution in [3.8, 4) is 0 Å². The fourth-order valence-electron chi connectivity index (χ4n) is 4.59. The molecule has 0 N–H and O–H groups in total. The van der Waals surface area contributed by atoms with Crippen LogP contribution in [-0.4, -0.2) is 30.0 Å². The highest BCUT2D eigenvalue weighted by molar-refractivity contribution is 7.87. The number of allylic oxidation sites excluding steroid dienone is 2. The van der Waals surface area contributed by atoms with Crippen molar-refractivity contribution in [3.05, 3.63) is 71.8 Å². The molecule has 1 saturated carbocycles. The van der Waals surface area contributed by atoms with Gasteiger partial charge in [-0.1, -0.05) is 47.5 Å². The van der Waals surface area contributed by atoms with Gasteiger partial charge in [-0.3, -0.25) is 8.37 Å². The number of benzene rings is 2. The minimum Gasteiger partial charge on any atom is -0.266 e. The van der Waals surface area contributed by atoms with E-state index in [0.717, 1.165) is 24.0 Å². The number of fused-ring (bicyclic) bond motifs is 2. The molecule has 4 unspecified atom stereocenters. The Morgan fingerprint density at radius 3 is 1.31 bits per heavy atom. The number of aryl methyl sites for hydroxylation is 2. The molecule has 0 saturated heterocycles. The summed E-state index contributed by atoms with van der Waals surface area (Å²) < 4.78 is 61.5. The summed E-state index contributed by atoms with van der Waals surface area (Å²) in [5, 5.41) is 0. The van der Waals surface area contributed by atoms with Crippen LogP contribution in [0.1, 0.15) is 24.0 Å². The normalized spacial score (nSPS) is 25.2. The monoisotopic (exact) mass is 476 g/mol. The van der Waals surface area contributed by atoms with Crippen LogP contribution in [0.5, 0.6) is 0 Å². The molecule has 4 atom stereocenters. The predicted molar refractivity (Wildman–Crippen MR) is 121 cm³/mol. The maximum Gasteiger partial charge on any atom is 0.296 e. The Hall–Kier alpha value is -2.00. The summed E-state index contributed by atoms with van der Waals surface area (Å²) in [6.07, 6.45) is 6.07. The zero-order valence-corrected chi connectivity index (χ0v) is 19.8. The second-order valence-electron chi connectivity index (χ2n) is 8.72. The molecule has 6 nitrogen and oxygen atoms in total. The van der Waals surface area contributed by atoms with E-state index in [2.05, 4.69) is 12.2 Å². The minimum atomic E-state index is -3.89. The van der Waals surface area contributed by atoms with Gasteiger partial charge < -0.3 is 0 Å². The zero-order chi connectivity index (χ0) is 22.9. The van der Waals surface area contributed by atoms with Crippen molar-refractivity contribution in [3.63, 3.8) is 0 Å². The van der Waals surface area contributed by atoms with Crippen LogP contribution >= 0.6 is 0 Å². The maximum absolute atomic E-state index is 12.7. The molecular formula is C24H28O6S2. The molecule has 2 aromatic rings. The van der Waals surface area contributed by atoms with Crippen molar-refractivity contribution < 1.29 is 25.2 Å². The fourth-order valence-corrected chi connectivity index (χ4v) is 6.47. The second kappa shape index (κ2) is 9.09. The smallest absolute Gasteiger partial charge is 0.266 e. The van der Waals surface area contributed by atoms with Gasteiger partial charge in [0, 0.05) is 0 Å². The van der Waals surface area contributed by atoms with E-state index in [-0.39, 0.29) is 46.7 Å². The van der Waals surface area contributed by atoms with Crippen LogP contribution in [0, 0.1) is 37.5 Å². The zero-order valence-electron chi connectivity index (χ0n) is 18.2. The van der Waals surface area contributed by atoms with Gasteiger partial charge in [0.1, 0.15) is 0 Å². The van der Waals surface area contributed by atoms with Crippen molar-refractivity contribution in [2.24, 2.45) is 23.7 Å². The van der Waals surface area contributed by atoms with Gasteiger partial charge in [-0.25, -0.2) is 0 Å². The lowest BCUT2D eigenvalue weighted by Crippen LogP contribution is -2.42. The van der Waals surface area contributed by atoms with E-state index < -0.39 is 20.2 Å². The van der Waals surface area contributed by atoms with Gasteiger partial charge in [0.05, 0.1) is 23.0 Å². The summed E-state index contributed by atoms with van der Waals surface area (Å²) in [5.41, 5.74) is 1.93. The van der Waals surface area contributed by atoms with E-state index in [9.17, 15) is 16.8 Å². The quantitative estimate of drug-likeness (QED) is 0.418. The molecule has 3 aliphatic carbocycles. The summed E-state index contributed by atoms with van der Waals surface area (Å²) >= 11 is 0. The largest absolute Gasteiger partial charge is 0.296 e. The third kappa shape index (κ3) is 4.98. The van der Waals surface area contributed by atoms with Gasteiger partial charge in [-0.05, 0) is 74.6 Å². The Kier molecular flexibility index (Phi) is 6.58. The maximum atomic E-state index is 12.7. The summed E-state index contributed by atoms with van der Waals surface area (Å²) in [7, 11) is -7.78. The Bertz CT molecular complexity index is 1090. The molecule has 3 aliphatic rings. The molecule has 0 spiro atoms. The molecule has 32 heavy (non-hydrogen) atoms. The lowest BCUT2D eigenvalue weighted by molar-refractivity contribution is 0.0440. The molecule has 0 amide bonds. The molecule has 0 radical (unpaired) electrons. The number of hydrogen-bond acceptors (Lipinski definition) is 6. The Morgan fingerprint density at radius 2 is 1.00 bits per heavy atom. The lowest BCUT2D eigenvalue weighted by atomic mass is 9.63. The van der Waals surface area contributed by atoms with E-state index in [1.165, 1.54) is 24.3 Å². The Labute approximate surface area is 190 Å². The Balaban J connectivity index is 1.47. The van der Waals surface area contributed by atoms with Crippen LogP contribution in [-0.2, 0) is 28.6 Å².